The molecule has 0 fully saturated rings. The van der Waals surface area contributed by atoms with Crippen molar-refractivity contribution in [1.82, 2.24) is 19.6 Å². The largest absolute Gasteiger partial charge is 0.490 e. The van der Waals surface area contributed by atoms with E-state index in [-0.39, 0.29) is 24.6 Å². The monoisotopic (exact) mass is 427 g/mol. The Hall–Kier alpha value is -3.82. The summed E-state index contributed by atoms with van der Waals surface area (Å²) in [5, 5.41) is 19.8. The van der Waals surface area contributed by atoms with Crippen LogP contribution in [0.4, 0.5) is 5.69 Å². The number of aryl methyl sites for hydroxylation is 1. The number of hydrogen-bond donors (Lipinski definition) is 2. The van der Waals surface area contributed by atoms with E-state index in [9.17, 15) is 9.59 Å². The lowest BCUT2D eigenvalue weighted by molar-refractivity contribution is -0.116. The number of ether oxygens (including phenoxy) is 2. The first kappa shape index (κ1) is 21.9. The molecule has 31 heavy (non-hydrogen) atoms. The smallest absolute Gasteiger partial charge is 0.356 e. The highest BCUT2D eigenvalue weighted by Crippen LogP contribution is 2.28. The van der Waals surface area contributed by atoms with E-state index in [1.165, 1.54) is 16.9 Å². The molecule has 10 heteroatoms. The van der Waals surface area contributed by atoms with E-state index < -0.39 is 5.97 Å². The summed E-state index contributed by atoms with van der Waals surface area (Å²) in [5.41, 5.74) is 1.51. The highest BCUT2D eigenvalue weighted by atomic mass is 16.5. The van der Waals surface area contributed by atoms with E-state index >= 15 is 0 Å². The quantitative estimate of drug-likeness (QED) is 0.483. The first-order valence-electron chi connectivity index (χ1n) is 9.96. The average molecular weight is 427 g/mol. The van der Waals surface area contributed by atoms with Gasteiger partial charge in [-0.2, -0.15) is 10.2 Å². The van der Waals surface area contributed by atoms with Gasteiger partial charge >= 0.3 is 5.97 Å². The number of nitrogens with zero attached hydrogens (tertiary/aromatic N) is 4. The van der Waals surface area contributed by atoms with E-state index in [1.54, 1.807) is 17.1 Å². The molecule has 0 aliphatic heterocycles. The van der Waals surface area contributed by atoms with Crippen LogP contribution in [0.25, 0.3) is 0 Å². The second-order valence-corrected chi connectivity index (χ2v) is 6.64. The van der Waals surface area contributed by atoms with Crippen LogP contribution in [0.1, 0.15) is 36.3 Å². The van der Waals surface area contributed by atoms with Gasteiger partial charge in [-0.1, -0.05) is 6.07 Å². The van der Waals surface area contributed by atoms with Gasteiger partial charge < -0.3 is 19.9 Å². The lowest BCUT2D eigenvalue weighted by Crippen LogP contribution is -2.14. The van der Waals surface area contributed by atoms with Crippen LogP contribution in [0.2, 0.25) is 0 Å². The normalized spacial score (nSPS) is 10.6. The zero-order chi connectivity index (χ0) is 22.2. The van der Waals surface area contributed by atoms with Gasteiger partial charge in [0.1, 0.15) is 0 Å². The number of benzene rings is 1. The van der Waals surface area contributed by atoms with Crippen LogP contribution in [-0.2, 0) is 17.9 Å². The average Bonchev–Trinajstić information content (AvgIpc) is 3.38. The van der Waals surface area contributed by atoms with Crippen molar-refractivity contribution >= 4 is 17.6 Å². The summed E-state index contributed by atoms with van der Waals surface area (Å²) in [5.74, 6) is 0.0736. The second-order valence-electron chi connectivity index (χ2n) is 6.64. The number of carbonyl (C=O) groups is 2. The maximum atomic E-state index is 12.2. The molecule has 10 nitrogen and oxygen atoms in total. The van der Waals surface area contributed by atoms with Gasteiger partial charge in [0.15, 0.2) is 17.2 Å². The summed E-state index contributed by atoms with van der Waals surface area (Å²) in [6.07, 6.45) is 5.00. The fourth-order valence-electron chi connectivity index (χ4n) is 2.94. The molecule has 1 amide bonds. The minimum atomic E-state index is -1.10. The number of carboxylic acid groups (broad SMARTS) is 1. The third-order valence-corrected chi connectivity index (χ3v) is 4.30. The number of carboxylic acids is 1. The molecule has 0 saturated carbocycles. The highest BCUT2D eigenvalue weighted by molar-refractivity contribution is 5.90. The Morgan fingerprint density at radius 2 is 1.87 bits per heavy atom. The van der Waals surface area contributed by atoms with Crippen molar-refractivity contribution in [1.29, 1.82) is 0 Å². The van der Waals surface area contributed by atoms with Crippen LogP contribution >= 0.6 is 0 Å². The SMILES string of the molecule is CCOc1ccc(Cn2cc(NC(=O)CCn3ccc(C(=O)O)n3)cn2)cc1OCC. The van der Waals surface area contributed by atoms with Crippen molar-refractivity contribution in [3.63, 3.8) is 0 Å². The van der Waals surface area contributed by atoms with E-state index in [4.69, 9.17) is 14.6 Å². The first-order valence-corrected chi connectivity index (χ1v) is 9.96. The molecule has 0 spiro atoms. The molecule has 2 heterocycles. The van der Waals surface area contributed by atoms with Gasteiger partial charge in [0.05, 0.1) is 31.6 Å². The number of hydrogen-bond acceptors (Lipinski definition) is 6. The van der Waals surface area contributed by atoms with Crippen molar-refractivity contribution < 1.29 is 24.2 Å². The summed E-state index contributed by atoms with van der Waals surface area (Å²) in [6, 6.07) is 7.13. The Morgan fingerprint density at radius 1 is 1.10 bits per heavy atom. The minimum Gasteiger partial charge on any atom is -0.490 e. The molecule has 2 N–H and O–H groups in total. The van der Waals surface area contributed by atoms with Crippen LogP contribution in [0.15, 0.2) is 42.9 Å². The maximum absolute atomic E-state index is 12.2. The van der Waals surface area contributed by atoms with Gasteiger partial charge in [-0.15, -0.1) is 0 Å². The van der Waals surface area contributed by atoms with Crippen molar-refractivity contribution in [2.45, 2.75) is 33.4 Å². The summed E-state index contributed by atoms with van der Waals surface area (Å²) in [4.78, 5) is 23.0. The predicted molar refractivity (Wildman–Crippen MR) is 113 cm³/mol. The van der Waals surface area contributed by atoms with Gasteiger partial charge in [0.25, 0.3) is 0 Å². The first-order chi connectivity index (χ1) is 15.0. The van der Waals surface area contributed by atoms with Gasteiger partial charge in [-0.25, -0.2) is 4.79 Å². The predicted octanol–water partition coefficient (Wildman–Crippen LogP) is 2.65. The van der Waals surface area contributed by atoms with E-state index in [0.717, 1.165) is 5.56 Å². The number of anilines is 1. The minimum absolute atomic E-state index is 0.0523. The van der Waals surface area contributed by atoms with Crippen LogP contribution in [0, 0.1) is 0 Å². The molecule has 2 aromatic heterocycles. The van der Waals surface area contributed by atoms with Crippen molar-refractivity contribution in [2.24, 2.45) is 0 Å². The van der Waals surface area contributed by atoms with Gasteiger partial charge in [-0.05, 0) is 37.6 Å². The lowest BCUT2D eigenvalue weighted by atomic mass is 10.2. The molecule has 0 radical (unpaired) electrons. The molecule has 0 bridgehead atoms. The molecular formula is C21H25N5O5. The molecule has 0 unspecified atom stereocenters. The van der Waals surface area contributed by atoms with Crippen molar-refractivity contribution in [3.05, 3.63) is 54.1 Å². The molecule has 3 rings (SSSR count). The second kappa shape index (κ2) is 10.3. The summed E-state index contributed by atoms with van der Waals surface area (Å²) < 4.78 is 14.4. The Morgan fingerprint density at radius 3 is 2.58 bits per heavy atom. The summed E-state index contributed by atoms with van der Waals surface area (Å²) >= 11 is 0. The molecular weight excluding hydrogens is 402 g/mol. The molecule has 0 aliphatic carbocycles. The molecule has 3 aromatic rings. The fraction of sp³-hybridized carbons (Fsp3) is 0.333. The summed E-state index contributed by atoms with van der Waals surface area (Å²) in [6.45, 7) is 5.72. The zero-order valence-electron chi connectivity index (χ0n) is 17.4. The maximum Gasteiger partial charge on any atom is 0.356 e. The van der Waals surface area contributed by atoms with E-state index in [0.29, 0.717) is 36.9 Å². The molecule has 1 aromatic carbocycles. The van der Waals surface area contributed by atoms with E-state index in [2.05, 4.69) is 15.5 Å². The van der Waals surface area contributed by atoms with Crippen molar-refractivity contribution in [3.8, 4) is 11.5 Å². The highest BCUT2D eigenvalue weighted by Gasteiger charge is 2.10. The van der Waals surface area contributed by atoms with Gasteiger partial charge in [-0.3, -0.25) is 14.2 Å². The van der Waals surface area contributed by atoms with Gasteiger partial charge in [0.2, 0.25) is 5.91 Å². The molecule has 0 aliphatic rings. The Balaban J connectivity index is 1.55. The molecule has 164 valence electrons. The Labute approximate surface area is 179 Å². The lowest BCUT2D eigenvalue weighted by Gasteiger charge is -2.12. The van der Waals surface area contributed by atoms with Crippen LogP contribution in [0.3, 0.4) is 0 Å². The molecule has 0 atom stereocenters. The Bertz CT molecular complexity index is 1040. The van der Waals surface area contributed by atoms with Crippen LogP contribution in [0.5, 0.6) is 11.5 Å². The third kappa shape index (κ3) is 6.08. The zero-order valence-corrected chi connectivity index (χ0v) is 17.4. The van der Waals surface area contributed by atoms with Gasteiger partial charge in [0, 0.05) is 25.4 Å². The van der Waals surface area contributed by atoms with Crippen LogP contribution in [-0.4, -0.2) is 49.8 Å². The number of aromatic carboxylic acids is 1. The van der Waals surface area contributed by atoms with Crippen LogP contribution < -0.4 is 14.8 Å². The number of amides is 1. The van der Waals surface area contributed by atoms with Crippen molar-refractivity contribution in [2.75, 3.05) is 18.5 Å². The summed E-state index contributed by atoms with van der Waals surface area (Å²) in [7, 11) is 0. The fourth-order valence-corrected chi connectivity index (χ4v) is 2.94. The number of nitrogens with one attached hydrogen (secondary N) is 1. The van der Waals surface area contributed by atoms with E-state index in [1.807, 2.05) is 32.0 Å². The molecule has 0 saturated heterocycles. The standard InChI is InChI=1S/C21H25N5O5/c1-3-30-18-6-5-15(11-19(18)31-4-2)13-26-14-16(12-22-26)23-20(27)8-10-25-9-7-17(24-25)21(28)29/h5-7,9,11-12,14H,3-4,8,10,13H2,1-2H3,(H,23,27)(H,28,29). The number of carbonyl (C=O) groups excluding carboxylic acids is 1. The number of aromatic nitrogens is 4. The topological polar surface area (TPSA) is 120 Å². The Kier molecular flexibility index (Phi) is 7.26. The number of rotatable bonds is 11. The third-order valence-electron chi connectivity index (χ3n) is 4.30.